The molecule has 2 heteroatoms. The summed E-state index contributed by atoms with van der Waals surface area (Å²) < 4.78 is 0. The highest BCUT2D eigenvalue weighted by molar-refractivity contribution is 5.03. The molecule has 0 aliphatic carbocycles. The average molecular weight is 733 g/mol. The van der Waals surface area contributed by atoms with Crippen molar-refractivity contribution in [3.63, 3.8) is 0 Å². The number of allylic oxidation sites excluding steroid dienone is 1. The second kappa shape index (κ2) is 41.8. The van der Waals surface area contributed by atoms with Crippen LogP contribution < -0.4 is 0 Å². The number of rotatable bonds is 43. The summed E-state index contributed by atoms with van der Waals surface area (Å²) in [7, 11) is 0. The molecule has 0 aromatic rings. The van der Waals surface area contributed by atoms with Gasteiger partial charge in [-0.15, -0.1) is 0 Å². The Morgan fingerprint density at radius 3 is 1.15 bits per heavy atom. The summed E-state index contributed by atoms with van der Waals surface area (Å²) in [6.07, 6.45) is 53.2. The molecule has 0 aliphatic heterocycles. The maximum Gasteiger partial charge on any atom is 0.0615 e. The molecule has 0 heterocycles. The highest BCUT2D eigenvalue weighted by atomic mass is 16.3. The van der Waals surface area contributed by atoms with Crippen LogP contribution in [0.25, 0.3) is 0 Å². The smallest absolute Gasteiger partial charge is 0.0615 e. The van der Waals surface area contributed by atoms with Gasteiger partial charge in [0.05, 0.1) is 6.61 Å². The minimum atomic E-state index is 0.219. The summed E-state index contributed by atoms with van der Waals surface area (Å²) in [4.78, 5) is 0. The molecule has 2 N–H and O–H groups in total. The third kappa shape index (κ3) is 39.4. The molecule has 3 unspecified atom stereocenters. The maximum absolute atomic E-state index is 9.92. The van der Waals surface area contributed by atoms with Gasteiger partial charge in [-0.05, 0) is 49.4 Å². The van der Waals surface area contributed by atoms with E-state index in [9.17, 15) is 5.11 Å². The van der Waals surface area contributed by atoms with Crippen LogP contribution in [0.15, 0.2) is 11.6 Å². The van der Waals surface area contributed by atoms with Crippen molar-refractivity contribution in [2.24, 2.45) is 23.7 Å². The maximum atomic E-state index is 9.92. The first-order chi connectivity index (χ1) is 25.4. The number of aliphatic hydroxyl groups is 2. The molecule has 0 amide bonds. The van der Waals surface area contributed by atoms with Gasteiger partial charge in [-0.2, -0.15) is 0 Å². The average Bonchev–Trinajstić information content (AvgIpc) is 3.12. The van der Waals surface area contributed by atoms with Gasteiger partial charge in [-0.25, -0.2) is 0 Å². The molecule has 0 rings (SSSR count). The van der Waals surface area contributed by atoms with E-state index in [1.54, 1.807) is 5.57 Å². The molecular formula is C50H100O2. The Hall–Kier alpha value is -0.340. The van der Waals surface area contributed by atoms with Gasteiger partial charge in [0.15, 0.2) is 0 Å². The second-order valence-electron chi connectivity index (χ2n) is 18.3. The molecule has 0 radical (unpaired) electrons. The van der Waals surface area contributed by atoms with Gasteiger partial charge >= 0.3 is 0 Å². The van der Waals surface area contributed by atoms with E-state index < -0.39 is 0 Å². The standard InChI is InChI=1S/C50H100O2/c1-6-7-8-9-10-19-22-25-28-39-49(40-29-26-23-20-17-15-13-11-12-14-16-18-21-24-27-30-43-51)45-50(42-44-52)41-33-38-48(5)37-32-36-47(4)35-31-34-46(2)3/h42,46-49,51-52H,6-41,43-45H2,1-5H3. The molecule has 0 aromatic carbocycles. The lowest BCUT2D eigenvalue weighted by molar-refractivity contribution is 0.282. The summed E-state index contributed by atoms with van der Waals surface area (Å²) in [5.74, 6) is 3.39. The molecule has 2 nitrogen and oxygen atoms in total. The highest BCUT2D eigenvalue weighted by Gasteiger charge is 2.13. The Morgan fingerprint density at radius 1 is 0.404 bits per heavy atom. The van der Waals surface area contributed by atoms with Crippen molar-refractivity contribution in [3.05, 3.63) is 11.6 Å². The Morgan fingerprint density at radius 2 is 0.769 bits per heavy atom. The van der Waals surface area contributed by atoms with Crippen molar-refractivity contribution in [2.45, 2.75) is 272 Å². The van der Waals surface area contributed by atoms with E-state index in [1.807, 2.05) is 0 Å². The van der Waals surface area contributed by atoms with Crippen LogP contribution in [0.3, 0.4) is 0 Å². The molecule has 0 saturated carbocycles. The van der Waals surface area contributed by atoms with Crippen LogP contribution in [0.4, 0.5) is 0 Å². The van der Waals surface area contributed by atoms with E-state index >= 15 is 0 Å². The van der Waals surface area contributed by atoms with E-state index in [1.165, 1.54) is 231 Å². The molecule has 52 heavy (non-hydrogen) atoms. The Kier molecular flexibility index (Phi) is 41.5. The number of aliphatic hydroxyl groups excluding tert-OH is 2. The lowest BCUT2D eigenvalue weighted by atomic mass is 9.86. The van der Waals surface area contributed by atoms with Gasteiger partial charge in [-0.1, -0.05) is 258 Å². The van der Waals surface area contributed by atoms with Crippen LogP contribution in [0.5, 0.6) is 0 Å². The van der Waals surface area contributed by atoms with Crippen molar-refractivity contribution in [2.75, 3.05) is 13.2 Å². The molecule has 0 bridgehead atoms. The Balaban J connectivity index is 4.38. The zero-order chi connectivity index (χ0) is 38.2. The first-order valence-corrected chi connectivity index (χ1v) is 24.3. The minimum absolute atomic E-state index is 0.219. The third-order valence-electron chi connectivity index (χ3n) is 12.2. The van der Waals surface area contributed by atoms with Gasteiger partial charge in [0.1, 0.15) is 0 Å². The second-order valence-corrected chi connectivity index (χ2v) is 18.3. The molecule has 0 fully saturated rings. The number of hydrogen-bond acceptors (Lipinski definition) is 2. The Labute approximate surface area is 330 Å². The monoisotopic (exact) mass is 733 g/mol. The van der Waals surface area contributed by atoms with E-state index in [4.69, 9.17) is 5.11 Å². The lowest BCUT2D eigenvalue weighted by Crippen LogP contribution is -2.05. The summed E-state index contributed by atoms with van der Waals surface area (Å²) in [5, 5.41) is 18.8. The van der Waals surface area contributed by atoms with Gasteiger partial charge < -0.3 is 10.2 Å². The SMILES string of the molecule is CCCCCCCCCCCC(CCCCCCCCCCCCCCCCCCO)CC(=CCO)CCCC(C)CCCC(C)CCCC(C)C. The minimum Gasteiger partial charge on any atom is -0.396 e. The number of hydrogen-bond donors (Lipinski definition) is 2. The van der Waals surface area contributed by atoms with Crippen LogP contribution in [0.2, 0.25) is 0 Å². The zero-order valence-electron chi connectivity index (χ0n) is 36.9. The van der Waals surface area contributed by atoms with Crippen LogP contribution in [0.1, 0.15) is 272 Å². The predicted molar refractivity (Wildman–Crippen MR) is 235 cm³/mol. The van der Waals surface area contributed by atoms with Crippen molar-refractivity contribution >= 4 is 0 Å². The molecule has 3 atom stereocenters. The first-order valence-electron chi connectivity index (χ1n) is 24.3. The largest absolute Gasteiger partial charge is 0.396 e. The topological polar surface area (TPSA) is 40.5 Å². The van der Waals surface area contributed by atoms with Crippen molar-refractivity contribution in [1.82, 2.24) is 0 Å². The molecule has 0 spiro atoms. The van der Waals surface area contributed by atoms with E-state index in [0.29, 0.717) is 6.61 Å². The van der Waals surface area contributed by atoms with Crippen LogP contribution >= 0.6 is 0 Å². The van der Waals surface area contributed by atoms with Gasteiger partial charge in [-0.3, -0.25) is 0 Å². The van der Waals surface area contributed by atoms with Crippen molar-refractivity contribution in [1.29, 1.82) is 0 Å². The Bertz CT molecular complexity index is 698. The van der Waals surface area contributed by atoms with E-state index in [2.05, 4.69) is 40.7 Å². The van der Waals surface area contributed by atoms with E-state index in [-0.39, 0.29) is 6.61 Å². The zero-order valence-corrected chi connectivity index (χ0v) is 36.9. The van der Waals surface area contributed by atoms with Gasteiger partial charge in [0.25, 0.3) is 0 Å². The fraction of sp³-hybridized carbons (Fsp3) is 0.960. The molecule has 312 valence electrons. The van der Waals surface area contributed by atoms with Crippen LogP contribution in [0, 0.1) is 23.7 Å². The lowest BCUT2D eigenvalue weighted by Gasteiger charge is -2.20. The first kappa shape index (κ1) is 51.7. The molecule has 0 aliphatic rings. The summed E-state index contributed by atoms with van der Waals surface area (Å²) in [6.45, 7) is 12.6. The van der Waals surface area contributed by atoms with Crippen LogP contribution in [-0.4, -0.2) is 23.4 Å². The van der Waals surface area contributed by atoms with E-state index in [0.717, 1.165) is 30.1 Å². The third-order valence-corrected chi connectivity index (χ3v) is 12.2. The van der Waals surface area contributed by atoms with Crippen LogP contribution in [-0.2, 0) is 0 Å². The highest BCUT2D eigenvalue weighted by Crippen LogP contribution is 2.29. The molecular weight excluding hydrogens is 633 g/mol. The summed E-state index contributed by atoms with van der Waals surface area (Å²) >= 11 is 0. The number of unbranched alkanes of at least 4 members (excludes halogenated alkanes) is 23. The van der Waals surface area contributed by atoms with Gasteiger partial charge in [0.2, 0.25) is 0 Å². The fourth-order valence-electron chi connectivity index (χ4n) is 8.55. The van der Waals surface area contributed by atoms with Crippen molar-refractivity contribution < 1.29 is 10.2 Å². The summed E-state index contributed by atoms with van der Waals surface area (Å²) in [5.41, 5.74) is 1.56. The predicted octanol–water partition coefficient (Wildman–Crippen LogP) is 16.9. The van der Waals surface area contributed by atoms with Crippen molar-refractivity contribution in [3.8, 4) is 0 Å². The fourth-order valence-corrected chi connectivity index (χ4v) is 8.55. The quantitative estimate of drug-likeness (QED) is 0.0484. The summed E-state index contributed by atoms with van der Waals surface area (Å²) in [6, 6.07) is 0. The molecule has 0 aromatic heterocycles. The molecule has 0 saturated heterocycles. The van der Waals surface area contributed by atoms with Gasteiger partial charge in [0, 0.05) is 6.61 Å². The normalized spacial score (nSPS) is 14.0.